The molecule has 0 N–H and O–H groups in total. The van der Waals surface area contributed by atoms with Crippen LogP contribution in [0.25, 0.3) is 0 Å². The minimum atomic E-state index is -0.967. The Morgan fingerprint density at radius 1 is 1.18 bits per heavy atom. The maximum absolute atomic E-state index is 11.4. The summed E-state index contributed by atoms with van der Waals surface area (Å²) in [5.74, 6) is 0.599. The summed E-state index contributed by atoms with van der Waals surface area (Å²) in [6, 6.07) is 0. The summed E-state index contributed by atoms with van der Waals surface area (Å²) in [6.45, 7) is 7.54. The van der Waals surface area contributed by atoms with E-state index in [1.54, 1.807) is 0 Å². The fourth-order valence-corrected chi connectivity index (χ4v) is 3.42. The second-order valence-corrected chi connectivity index (χ2v) is 7.62. The zero-order chi connectivity index (χ0) is 9.07. The van der Waals surface area contributed by atoms with Gasteiger partial charge < -0.3 is 0 Å². The second kappa shape index (κ2) is 4.36. The molecule has 0 saturated carbocycles. The predicted octanol–water partition coefficient (Wildman–Crippen LogP) is 1.26. The zero-order valence-electron chi connectivity index (χ0n) is 7.55. The smallest absolute Gasteiger partial charge is 0.0996 e. The van der Waals surface area contributed by atoms with E-state index in [-0.39, 0.29) is 4.75 Å². The van der Waals surface area contributed by atoms with E-state index in [4.69, 9.17) is 0 Å². The Labute approximate surface area is 73.7 Å². The lowest BCUT2D eigenvalue weighted by molar-refractivity contribution is 0.651. The van der Waals surface area contributed by atoms with Gasteiger partial charge in [0.15, 0.2) is 0 Å². The largest absolute Gasteiger partial charge is 0.259 e. The molecule has 0 aliphatic carbocycles. The third-order valence-electron chi connectivity index (χ3n) is 1.24. The summed E-state index contributed by atoms with van der Waals surface area (Å²) in [7, 11) is -1.87. The van der Waals surface area contributed by atoms with Crippen molar-refractivity contribution in [3.8, 4) is 0 Å². The highest BCUT2D eigenvalue weighted by atomic mass is 32.2. The molecule has 0 rings (SSSR count). The summed E-state index contributed by atoms with van der Waals surface area (Å²) in [6.07, 6.45) is 0. The number of hydrogen-bond acceptors (Lipinski definition) is 2. The fourth-order valence-electron chi connectivity index (χ4n) is 0.379. The molecule has 0 aliphatic rings. The van der Waals surface area contributed by atoms with Crippen molar-refractivity contribution in [2.24, 2.45) is 0 Å². The summed E-state index contributed by atoms with van der Waals surface area (Å²) < 4.78 is 22.1. The molecule has 11 heavy (non-hydrogen) atoms. The summed E-state index contributed by atoms with van der Waals surface area (Å²) >= 11 is 0. The van der Waals surface area contributed by atoms with Crippen LogP contribution in [0.3, 0.4) is 0 Å². The third kappa shape index (κ3) is 4.69. The average Bonchev–Trinajstić information content (AvgIpc) is 1.85. The van der Waals surface area contributed by atoms with Gasteiger partial charge in [0.05, 0.1) is 5.08 Å². The van der Waals surface area contributed by atoms with Crippen molar-refractivity contribution in [2.45, 2.75) is 32.4 Å². The van der Waals surface area contributed by atoms with Crippen LogP contribution in [-0.4, -0.2) is 24.0 Å². The Morgan fingerprint density at radius 3 is 1.91 bits per heavy atom. The Morgan fingerprint density at radius 2 is 1.64 bits per heavy atom. The van der Waals surface area contributed by atoms with Crippen LogP contribution in [0.15, 0.2) is 0 Å². The zero-order valence-corrected chi connectivity index (χ0v) is 9.18. The Balaban J connectivity index is 3.99. The lowest BCUT2D eigenvalue weighted by atomic mass is 10.3. The van der Waals surface area contributed by atoms with Crippen molar-refractivity contribution in [2.75, 3.05) is 10.8 Å². The summed E-state index contributed by atoms with van der Waals surface area (Å²) in [5, 5.41) is 0.319. The molecule has 4 heteroatoms. The molecule has 0 aromatic heterocycles. The van der Waals surface area contributed by atoms with Crippen LogP contribution in [0.5, 0.6) is 0 Å². The quantitative estimate of drug-likeness (QED) is 0.681. The molecular formula is C7H16O2S2. The molecule has 0 heterocycles. The standard InChI is InChI=1S/C7H16O2S2/c1-5-10(8)6-11(9)7(2,3)4/h5-6H2,1-4H3. The van der Waals surface area contributed by atoms with Gasteiger partial charge in [-0.3, -0.25) is 8.42 Å². The van der Waals surface area contributed by atoms with Crippen LogP contribution >= 0.6 is 0 Å². The Hall–Kier alpha value is 0.300. The normalized spacial score (nSPS) is 17.8. The molecule has 0 spiro atoms. The molecular weight excluding hydrogens is 180 g/mol. The number of hydrogen-bond donors (Lipinski definition) is 0. The lowest BCUT2D eigenvalue weighted by Crippen LogP contribution is -2.26. The van der Waals surface area contributed by atoms with Crippen LogP contribution in [0.1, 0.15) is 27.7 Å². The third-order valence-corrected chi connectivity index (χ3v) is 5.16. The van der Waals surface area contributed by atoms with Gasteiger partial charge in [-0.25, -0.2) is 0 Å². The first-order valence-electron chi connectivity index (χ1n) is 3.61. The topological polar surface area (TPSA) is 34.1 Å². The van der Waals surface area contributed by atoms with Gasteiger partial charge in [-0.1, -0.05) is 6.92 Å². The van der Waals surface area contributed by atoms with Crippen molar-refractivity contribution in [3.63, 3.8) is 0 Å². The van der Waals surface area contributed by atoms with E-state index in [1.165, 1.54) is 0 Å². The molecule has 0 aromatic rings. The highest BCUT2D eigenvalue weighted by Crippen LogP contribution is 2.11. The Kier molecular flexibility index (Phi) is 4.48. The summed E-state index contributed by atoms with van der Waals surface area (Å²) in [5.41, 5.74) is 0. The van der Waals surface area contributed by atoms with Gasteiger partial charge in [-0.2, -0.15) is 0 Å². The van der Waals surface area contributed by atoms with E-state index in [2.05, 4.69) is 0 Å². The molecule has 2 nitrogen and oxygen atoms in total. The fraction of sp³-hybridized carbons (Fsp3) is 1.00. The van der Waals surface area contributed by atoms with Crippen molar-refractivity contribution < 1.29 is 8.42 Å². The average molecular weight is 196 g/mol. The second-order valence-electron chi connectivity index (χ2n) is 3.30. The monoisotopic (exact) mass is 196 g/mol. The SMILES string of the molecule is CCS(=O)CS(=O)C(C)(C)C. The highest BCUT2D eigenvalue weighted by molar-refractivity contribution is 8.02. The molecule has 0 saturated heterocycles. The molecule has 0 fully saturated rings. The van der Waals surface area contributed by atoms with E-state index in [0.29, 0.717) is 10.8 Å². The van der Waals surface area contributed by atoms with Crippen LogP contribution in [0.4, 0.5) is 0 Å². The molecule has 0 amide bonds. The first-order valence-corrected chi connectivity index (χ1v) is 6.42. The van der Waals surface area contributed by atoms with Crippen LogP contribution < -0.4 is 0 Å². The van der Waals surface area contributed by atoms with Crippen LogP contribution in [0.2, 0.25) is 0 Å². The molecule has 68 valence electrons. The Bertz CT molecular complexity index is 170. The van der Waals surface area contributed by atoms with Crippen molar-refractivity contribution >= 4 is 21.6 Å². The van der Waals surface area contributed by atoms with Gasteiger partial charge in [0.1, 0.15) is 0 Å². The minimum absolute atomic E-state index is 0.231. The first kappa shape index (κ1) is 11.3. The van der Waals surface area contributed by atoms with Gasteiger partial charge >= 0.3 is 0 Å². The van der Waals surface area contributed by atoms with E-state index < -0.39 is 21.6 Å². The molecule has 0 aliphatic heterocycles. The van der Waals surface area contributed by atoms with Crippen molar-refractivity contribution in [1.29, 1.82) is 0 Å². The maximum Gasteiger partial charge on any atom is 0.0996 e. The van der Waals surface area contributed by atoms with E-state index in [9.17, 15) is 8.42 Å². The summed E-state index contributed by atoms with van der Waals surface area (Å²) in [4.78, 5) is 0. The van der Waals surface area contributed by atoms with E-state index >= 15 is 0 Å². The molecule has 2 atom stereocenters. The van der Waals surface area contributed by atoms with Crippen molar-refractivity contribution in [1.82, 2.24) is 0 Å². The van der Waals surface area contributed by atoms with Gasteiger partial charge in [0.25, 0.3) is 0 Å². The molecule has 0 bridgehead atoms. The van der Waals surface area contributed by atoms with E-state index in [1.807, 2.05) is 27.7 Å². The maximum atomic E-state index is 11.4. The van der Waals surface area contributed by atoms with Gasteiger partial charge in [0.2, 0.25) is 0 Å². The predicted molar refractivity (Wildman–Crippen MR) is 51.4 cm³/mol. The molecule has 0 radical (unpaired) electrons. The van der Waals surface area contributed by atoms with Gasteiger partial charge in [-0.05, 0) is 20.8 Å². The van der Waals surface area contributed by atoms with Gasteiger partial charge in [0, 0.05) is 32.1 Å². The van der Waals surface area contributed by atoms with Crippen LogP contribution in [-0.2, 0) is 21.6 Å². The first-order chi connectivity index (χ1) is 4.88. The van der Waals surface area contributed by atoms with Crippen molar-refractivity contribution in [3.05, 3.63) is 0 Å². The van der Waals surface area contributed by atoms with E-state index in [0.717, 1.165) is 0 Å². The van der Waals surface area contributed by atoms with Crippen LogP contribution in [0, 0.1) is 0 Å². The lowest BCUT2D eigenvalue weighted by Gasteiger charge is -2.16. The molecule has 0 aromatic carbocycles. The molecule has 2 unspecified atom stereocenters. The van der Waals surface area contributed by atoms with Gasteiger partial charge in [-0.15, -0.1) is 0 Å². The highest BCUT2D eigenvalue weighted by Gasteiger charge is 2.20. The number of rotatable bonds is 3. The minimum Gasteiger partial charge on any atom is -0.259 e.